The number of nitrogens with one attached hydrogen (secondary N) is 1. The lowest BCUT2D eigenvalue weighted by molar-refractivity contribution is -0.0177. The van der Waals surface area contributed by atoms with Crippen LogP contribution in [0, 0.1) is 11.3 Å². The fourth-order valence-corrected chi connectivity index (χ4v) is 3.45. The molecule has 1 saturated heterocycles. The van der Waals surface area contributed by atoms with Crippen molar-refractivity contribution in [3.05, 3.63) is 0 Å². The van der Waals surface area contributed by atoms with E-state index in [2.05, 4.69) is 19.2 Å². The highest BCUT2D eigenvalue weighted by molar-refractivity contribution is 4.92. The smallest absolute Gasteiger partial charge is 0.0471 e. The molecule has 1 aliphatic carbocycles. The summed E-state index contributed by atoms with van der Waals surface area (Å²) >= 11 is 0. The standard InChI is InChI=1S/C14H27NO/c1-12(2)15-11-14(7-9-16-10-8-14)13-5-3-4-6-13/h12-13,15H,3-11H2,1-2H3. The molecule has 0 aromatic carbocycles. The van der Waals surface area contributed by atoms with Crippen LogP contribution in [0.4, 0.5) is 0 Å². The molecule has 2 heteroatoms. The summed E-state index contributed by atoms with van der Waals surface area (Å²) in [5.74, 6) is 0.961. The zero-order valence-corrected chi connectivity index (χ0v) is 10.9. The Morgan fingerprint density at radius 1 is 1.19 bits per heavy atom. The third-order valence-corrected chi connectivity index (χ3v) is 4.57. The van der Waals surface area contributed by atoms with Crippen LogP contribution in [-0.4, -0.2) is 25.8 Å². The van der Waals surface area contributed by atoms with E-state index in [0.29, 0.717) is 11.5 Å². The van der Waals surface area contributed by atoms with E-state index in [1.165, 1.54) is 45.1 Å². The van der Waals surface area contributed by atoms with Crippen molar-refractivity contribution in [2.24, 2.45) is 11.3 Å². The van der Waals surface area contributed by atoms with Gasteiger partial charge in [0.1, 0.15) is 0 Å². The maximum atomic E-state index is 5.56. The van der Waals surface area contributed by atoms with Crippen LogP contribution in [0.3, 0.4) is 0 Å². The molecule has 0 aromatic heterocycles. The van der Waals surface area contributed by atoms with Crippen LogP contribution in [0.15, 0.2) is 0 Å². The number of rotatable bonds is 4. The number of ether oxygens (including phenoxy) is 1. The van der Waals surface area contributed by atoms with Gasteiger partial charge in [0.05, 0.1) is 0 Å². The van der Waals surface area contributed by atoms with Crippen molar-refractivity contribution >= 4 is 0 Å². The lowest BCUT2D eigenvalue weighted by Gasteiger charge is -2.43. The topological polar surface area (TPSA) is 21.3 Å². The van der Waals surface area contributed by atoms with Crippen LogP contribution < -0.4 is 5.32 Å². The first-order valence-electron chi connectivity index (χ1n) is 7.04. The van der Waals surface area contributed by atoms with Gasteiger partial charge in [-0.15, -0.1) is 0 Å². The van der Waals surface area contributed by atoms with E-state index in [-0.39, 0.29) is 0 Å². The summed E-state index contributed by atoms with van der Waals surface area (Å²) in [6, 6.07) is 0.612. The molecule has 16 heavy (non-hydrogen) atoms. The second-order valence-corrected chi connectivity index (χ2v) is 5.99. The summed E-state index contributed by atoms with van der Waals surface area (Å²) in [5.41, 5.74) is 0.555. The van der Waals surface area contributed by atoms with Crippen molar-refractivity contribution in [1.29, 1.82) is 0 Å². The van der Waals surface area contributed by atoms with Crippen LogP contribution in [0.2, 0.25) is 0 Å². The van der Waals surface area contributed by atoms with Gasteiger partial charge in [-0.05, 0) is 37.0 Å². The van der Waals surface area contributed by atoms with Crippen molar-refractivity contribution in [2.75, 3.05) is 19.8 Å². The molecule has 2 aliphatic rings. The average molecular weight is 225 g/mol. The SMILES string of the molecule is CC(C)NCC1(C2CCCC2)CCOCC1. The Morgan fingerprint density at radius 3 is 2.38 bits per heavy atom. The monoisotopic (exact) mass is 225 g/mol. The Labute approximate surface area is 100 Å². The quantitative estimate of drug-likeness (QED) is 0.794. The van der Waals surface area contributed by atoms with E-state index in [1.54, 1.807) is 0 Å². The Hall–Kier alpha value is -0.0800. The van der Waals surface area contributed by atoms with Gasteiger partial charge >= 0.3 is 0 Å². The molecule has 2 nitrogen and oxygen atoms in total. The van der Waals surface area contributed by atoms with Gasteiger partial charge in [0.2, 0.25) is 0 Å². The van der Waals surface area contributed by atoms with Crippen LogP contribution in [0.25, 0.3) is 0 Å². The van der Waals surface area contributed by atoms with E-state index >= 15 is 0 Å². The van der Waals surface area contributed by atoms with E-state index in [9.17, 15) is 0 Å². The molecule has 0 bridgehead atoms. The highest BCUT2D eigenvalue weighted by Gasteiger charge is 2.40. The lowest BCUT2D eigenvalue weighted by atomic mass is 9.69. The Bertz CT molecular complexity index is 203. The Morgan fingerprint density at radius 2 is 1.81 bits per heavy atom. The van der Waals surface area contributed by atoms with Gasteiger partial charge in [-0.25, -0.2) is 0 Å². The first kappa shape index (κ1) is 12.4. The average Bonchev–Trinajstić information content (AvgIpc) is 2.82. The predicted molar refractivity (Wildman–Crippen MR) is 67.6 cm³/mol. The first-order valence-corrected chi connectivity index (χ1v) is 7.04. The van der Waals surface area contributed by atoms with Gasteiger partial charge in [-0.2, -0.15) is 0 Å². The van der Waals surface area contributed by atoms with Gasteiger partial charge in [-0.1, -0.05) is 26.7 Å². The molecular formula is C14H27NO. The lowest BCUT2D eigenvalue weighted by Crippen LogP contribution is -2.45. The van der Waals surface area contributed by atoms with Gasteiger partial charge in [0.25, 0.3) is 0 Å². The maximum absolute atomic E-state index is 5.56. The largest absolute Gasteiger partial charge is 0.381 e. The maximum Gasteiger partial charge on any atom is 0.0471 e. The van der Waals surface area contributed by atoms with Crippen LogP contribution in [0.1, 0.15) is 52.4 Å². The first-order chi connectivity index (χ1) is 7.73. The molecule has 0 unspecified atom stereocenters. The van der Waals surface area contributed by atoms with Crippen molar-refractivity contribution < 1.29 is 4.74 Å². The fraction of sp³-hybridized carbons (Fsp3) is 1.00. The Kier molecular flexibility index (Phi) is 4.26. The second-order valence-electron chi connectivity index (χ2n) is 5.99. The summed E-state index contributed by atoms with van der Waals surface area (Å²) in [7, 11) is 0. The molecule has 0 radical (unpaired) electrons. The molecule has 94 valence electrons. The van der Waals surface area contributed by atoms with Crippen LogP contribution >= 0.6 is 0 Å². The molecule has 0 atom stereocenters. The zero-order chi connectivity index (χ0) is 11.4. The third kappa shape index (κ3) is 2.78. The minimum atomic E-state index is 0.555. The number of hydrogen-bond donors (Lipinski definition) is 1. The van der Waals surface area contributed by atoms with E-state index in [4.69, 9.17) is 4.74 Å². The third-order valence-electron chi connectivity index (χ3n) is 4.57. The van der Waals surface area contributed by atoms with Crippen molar-refractivity contribution in [1.82, 2.24) is 5.32 Å². The van der Waals surface area contributed by atoms with Crippen molar-refractivity contribution in [2.45, 2.75) is 58.4 Å². The normalized spacial score (nSPS) is 26.4. The summed E-state index contributed by atoms with van der Waals surface area (Å²) in [4.78, 5) is 0. The highest BCUT2D eigenvalue weighted by Crippen LogP contribution is 2.46. The van der Waals surface area contributed by atoms with E-state index in [0.717, 1.165) is 19.1 Å². The molecule has 2 fully saturated rings. The van der Waals surface area contributed by atoms with Crippen molar-refractivity contribution in [3.63, 3.8) is 0 Å². The number of hydrogen-bond acceptors (Lipinski definition) is 2. The second kappa shape index (κ2) is 5.50. The molecule has 1 N–H and O–H groups in total. The summed E-state index contributed by atoms with van der Waals surface area (Å²) in [5, 5.41) is 3.68. The summed E-state index contributed by atoms with van der Waals surface area (Å²) in [6.07, 6.45) is 8.37. The molecule has 1 saturated carbocycles. The van der Waals surface area contributed by atoms with Crippen LogP contribution in [-0.2, 0) is 4.74 Å². The highest BCUT2D eigenvalue weighted by atomic mass is 16.5. The fourth-order valence-electron chi connectivity index (χ4n) is 3.45. The molecule has 1 aliphatic heterocycles. The van der Waals surface area contributed by atoms with Crippen molar-refractivity contribution in [3.8, 4) is 0 Å². The summed E-state index contributed by atoms with van der Waals surface area (Å²) < 4.78 is 5.56. The van der Waals surface area contributed by atoms with Crippen LogP contribution in [0.5, 0.6) is 0 Å². The minimum Gasteiger partial charge on any atom is -0.381 e. The van der Waals surface area contributed by atoms with Gasteiger partial charge in [0.15, 0.2) is 0 Å². The van der Waals surface area contributed by atoms with E-state index < -0.39 is 0 Å². The molecule has 2 rings (SSSR count). The Balaban J connectivity index is 1.98. The zero-order valence-electron chi connectivity index (χ0n) is 10.9. The van der Waals surface area contributed by atoms with E-state index in [1.807, 2.05) is 0 Å². The summed E-state index contributed by atoms with van der Waals surface area (Å²) in [6.45, 7) is 7.68. The van der Waals surface area contributed by atoms with Gasteiger partial charge in [-0.3, -0.25) is 0 Å². The molecule has 0 aromatic rings. The molecular weight excluding hydrogens is 198 g/mol. The minimum absolute atomic E-state index is 0.555. The van der Waals surface area contributed by atoms with Gasteiger partial charge < -0.3 is 10.1 Å². The molecule has 0 spiro atoms. The van der Waals surface area contributed by atoms with Gasteiger partial charge in [0, 0.05) is 25.8 Å². The molecule has 1 heterocycles. The molecule has 0 amide bonds. The predicted octanol–water partition coefficient (Wildman–Crippen LogP) is 2.97.